The standard InChI is InChI=1S/C14H15N3O4S/c18-14(19)11-9-17(8-7-15-11)22(20,21)12-5-1-3-10-4-2-6-16-13(10)12/h1-6,11,15H,7-9H2,(H,18,19). The number of hydrogen-bond acceptors (Lipinski definition) is 5. The lowest BCUT2D eigenvalue weighted by Crippen LogP contribution is -2.55. The van der Waals surface area contributed by atoms with Gasteiger partial charge in [-0.05, 0) is 12.1 Å². The van der Waals surface area contributed by atoms with Crippen LogP contribution in [0.25, 0.3) is 10.9 Å². The Hall–Kier alpha value is -2.03. The molecule has 0 bridgehead atoms. The van der Waals surface area contributed by atoms with E-state index >= 15 is 0 Å². The summed E-state index contributed by atoms with van der Waals surface area (Å²) in [6.45, 7) is 0.435. The molecule has 1 aromatic heterocycles. The van der Waals surface area contributed by atoms with E-state index in [9.17, 15) is 13.2 Å². The van der Waals surface area contributed by atoms with E-state index in [1.54, 1.807) is 30.5 Å². The van der Waals surface area contributed by atoms with Crippen LogP contribution in [0.1, 0.15) is 0 Å². The first-order valence-corrected chi connectivity index (χ1v) is 8.24. The third-order valence-electron chi connectivity index (χ3n) is 3.65. The fourth-order valence-corrected chi connectivity index (χ4v) is 4.15. The number of aromatic nitrogens is 1. The number of carboxylic acids is 1. The highest BCUT2D eigenvalue weighted by Crippen LogP contribution is 2.24. The lowest BCUT2D eigenvalue weighted by Gasteiger charge is -2.30. The molecule has 0 spiro atoms. The van der Waals surface area contributed by atoms with Crippen LogP contribution in [0.3, 0.4) is 0 Å². The van der Waals surface area contributed by atoms with Crippen molar-refractivity contribution in [3.8, 4) is 0 Å². The van der Waals surface area contributed by atoms with Gasteiger partial charge in [0.05, 0.1) is 5.52 Å². The number of hydrogen-bond donors (Lipinski definition) is 2. The normalized spacial score (nSPS) is 20.1. The minimum Gasteiger partial charge on any atom is -0.480 e. The number of piperazine rings is 1. The molecular weight excluding hydrogens is 306 g/mol. The molecule has 1 aromatic carbocycles. The van der Waals surface area contributed by atoms with Crippen LogP contribution in [-0.2, 0) is 14.8 Å². The third kappa shape index (κ3) is 2.56. The molecule has 1 aliphatic rings. The van der Waals surface area contributed by atoms with Crippen molar-refractivity contribution >= 4 is 26.9 Å². The van der Waals surface area contributed by atoms with Crippen molar-refractivity contribution < 1.29 is 18.3 Å². The average molecular weight is 321 g/mol. The van der Waals surface area contributed by atoms with Gasteiger partial charge in [0.25, 0.3) is 0 Å². The summed E-state index contributed by atoms with van der Waals surface area (Å²) in [6.07, 6.45) is 1.54. The van der Waals surface area contributed by atoms with Crippen molar-refractivity contribution in [1.82, 2.24) is 14.6 Å². The Labute approximate surface area is 127 Å². The predicted octanol–water partition coefficient (Wildman–Crippen LogP) is 0.282. The fourth-order valence-electron chi connectivity index (χ4n) is 2.53. The average Bonchev–Trinajstić information content (AvgIpc) is 2.54. The highest BCUT2D eigenvalue weighted by molar-refractivity contribution is 7.89. The van der Waals surface area contributed by atoms with Gasteiger partial charge in [-0.1, -0.05) is 18.2 Å². The van der Waals surface area contributed by atoms with Crippen LogP contribution >= 0.6 is 0 Å². The minimum atomic E-state index is -3.79. The van der Waals surface area contributed by atoms with Crippen molar-refractivity contribution in [2.75, 3.05) is 19.6 Å². The van der Waals surface area contributed by atoms with Gasteiger partial charge < -0.3 is 10.4 Å². The molecule has 116 valence electrons. The quantitative estimate of drug-likeness (QED) is 0.842. The summed E-state index contributed by atoms with van der Waals surface area (Å²) in [6, 6.07) is 7.59. The second kappa shape index (κ2) is 5.64. The van der Waals surface area contributed by atoms with Gasteiger partial charge in [-0.2, -0.15) is 4.31 Å². The van der Waals surface area contributed by atoms with E-state index in [0.717, 1.165) is 5.39 Å². The Morgan fingerprint density at radius 3 is 2.86 bits per heavy atom. The fraction of sp³-hybridized carbons (Fsp3) is 0.286. The molecule has 22 heavy (non-hydrogen) atoms. The van der Waals surface area contributed by atoms with Gasteiger partial charge in [0.1, 0.15) is 10.9 Å². The van der Waals surface area contributed by atoms with E-state index in [4.69, 9.17) is 5.11 Å². The number of aliphatic carboxylic acids is 1. The number of fused-ring (bicyclic) bond motifs is 1. The first kappa shape index (κ1) is 14.9. The van der Waals surface area contributed by atoms with Crippen LogP contribution < -0.4 is 5.32 Å². The first-order chi connectivity index (χ1) is 10.5. The molecular formula is C14H15N3O4S. The van der Waals surface area contributed by atoms with Crippen molar-refractivity contribution in [1.29, 1.82) is 0 Å². The lowest BCUT2D eigenvalue weighted by molar-refractivity contribution is -0.140. The van der Waals surface area contributed by atoms with Crippen LogP contribution in [0, 0.1) is 0 Å². The van der Waals surface area contributed by atoms with Gasteiger partial charge in [-0.15, -0.1) is 0 Å². The van der Waals surface area contributed by atoms with Crippen LogP contribution in [0.2, 0.25) is 0 Å². The topological polar surface area (TPSA) is 99.6 Å². The molecule has 2 heterocycles. The molecule has 2 aromatic rings. The van der Waals surface area contributed by atoms with Crippen LogP contribution in [0.15, 0.2) is 41.4 Å². The van der Waals surface area contributed by atoms with Gasteiger partial charge in [-0.25, -0.2) is 8.42 Å². The SMILES string of the molecule is O=C(O)C1CN(S(=O)(=O)c2cccc3cccnc23)CCN1. The van der Waals surface area contributed by atoms with E-state index in [1.807, 2.05) is 0 Å². The number of carboxylic acid groups (broad SMARTS) is 1. The summed E-state index contributed by atoms with van der Waals surface area (Å²) in [7, 11) is -3.79. The number of para-hydroxylation sites is 1. The summed E-state index contributed by atoms with van der Waals surface area (Å²) in [5.74, 6) is -1.06. The monoisotopic (exact) mass is 321 g/mol. The van der Waals surface area contributed by atoms with Crippen molar-refractivity contribution in [2.45, 2.75) is 10.9 Å². The molecule has 0 radical (unpaired) electrons. The van der Waals surface area contributed by atoms with Crippen molar-refractivity contribution in [2.24, 2.45) is 0 Å². The molecule has 1 unspecified atom stereocenters. The Morgan fingerprint density at radius 2 is 2.09 bits per heavy atom. The third-order valence-corrected chi connectivity index (χ3v) is 5.55. The zero-order chi connectivity index (χ0) is 15.7. The van der Waals surface area contributed by atoms with Gasteiger partial charge in [-0.3, -0.25) is 9.78 Å². The van der Waals surface area contributed by atoms with E-state index in [-0.39, 0.29) is 18.0 Å². The number of pyridine rings is 1. The molecule has 0 aliphatic carbocycles. The van der Waals surface area contributed by atoms with E-state index in [0.29, 0.717) is 12.1 Å². The molecule has 3 rings (SSSR count). The summed E-state index contributed by atoms with van der Waals surface area (Å²) in [5.41, 5.74) is 0.399. The molecule has 1 atom stereocenters. The van der Waals surface area contributed by atoms with E-state index < -0.39 is 22.0 Å². The summed E-state index contributed by atoms with van der Waals surface area (Å²) in [5, 5.41) is 12.6. The number of sulfonamides is 1. The summed E-state index contributed by atoms with van der Waals surface area (Å²) < 4.78 is 26.9. The molecule has 1 fully saturated rings. The number of nitrogens with one attached hydrogen (secondary N) is 1. The first-order valence-electron chi connectivity index (χ1n) is 6.80. The largest absolute Gasteiger partial charge is 0.480 e. The second-order valence-electron chi connectivity index (χ2n) is 5.04. The number of nitrogens with zero attached hydrogens (tertiary/aromatic N) is 2. The van der Waals surface area contributed by atoms with Gasteiger partial charge in [0, 0.05) is 31.2 Å². The Morgan fingerprint density at radius 1 is 1.32 bits per heavy atom. The summed E-state index contributed by atoms with van der Waals surface area (Å²) in [4.78, 5) is 15.3. The predicted molar refractivity (Wildman–Crippen MR) is 79.9 cm³/mol. The Kier molecular flexibility index (Phi) is 3.81. The molecule has 1 saturated heterocycles. The van der Waals surface area contributed by atoms with Crippen molar-refractivity contribution in [3.63, 3.8) is 0 Å². The van der Waals surface area contributed by atoms with Gasteiger partial charge in [0.15, 0.2) is 0 Å². The molecule has 2 N–H and O–H groups in total. The Bertz CT molecular complexity index is 816. The molecule has 8 heteroatoms. The smallest absolute Gasteiger partial charge is 0.322 e. The van der Waals surface area contributed by atoms with E-state index in [1.165, 1.54) is 10.4 Å². The minimum absolute atomic E-state index is 0.0963. The maximum absolute atomic E-state index is 12.8. The molecule has 0 amide bonds. The second-order valence-corrected chi connectivity index (χ2v) is 6.95. The molecule has 0 saturated carbocycles. The highest BCUT2D eigenvalue weighted by atomic mass is 32.2. The lowest BCUT2D eigenvalue weighted by atomic mass is 10.2. The maximum atomic E-state index is 12.8. The van der Waals surface area contributed by atoms with Crippen molar-refractivity contribution in [3.05, 3.63) is 36.5 Å². The molecule has 1 aliphatic heterocycles. The molecule has 7 nitrogen and oxygen atoms in total. The number of carbonyl (C=O) groups is 1. The Balaban J connectivity index is 2.03. The highest BCUT2D eigenvalue weighted by Gasteiger charge is 2.34. The van der Waals surface area contributed by atoms with Crippen LogP contribution in [-0.4, -0.2) is 54.5 Å². The van der Waals surface area contributed by atoms with Crippen LogP contribution in [0.4, 0.5) is 0 Å². The van der Waals surface area contributed by atoms with E-state index in [2.05, 4.69) is 10.3 Å². The number of rotatable bonds is 3. The summed E-state index contributed by atoms with van der Waals surface area (Å²) >= 11 is 0. The zero-order valence-electron chi connectivity index (χ0n) is 11.6. The van der Waals surface area contributed by atoms with Gasteiger partial charge in [0.2, 0.25) is 10.0 Å². The van der Waals surface area contributed by atoms with Gasteiger partial charge >= 0.3 is 5.97 Å². The zero-order valence-corrected chi connectivity index (χ0v) is 12.5. The maximum Gasteiger partial charge on any atom is 0.322 e. The van der Waals surface area contributed by atoms with Crippen LogP contribution in [0.5, 0.6) is 0 Å². The number of benzene rings is 1.